The molecule has 2 rings (SSSR count). The lowest BCUT2D eigenvalue weighted by Gasteiger charge is -2.50. The Hall–Kier alpha value is -4.17. The Kier molecular flexibility index (Phi) is 19.3. The number of hydrogen-bond acceptors (Lipinski definition) is 10. The summed E-state index contributed by atoms with van der Waals surface area (Å²) in [6.45, 7) is 13.1. The van der Waals surface area contributed by atoms with Gasteiger partial charge in [-0.15, -0.1) is 0 Å². The van der Waals surface area contributed by atoms with Crippen molar-refractivity contribution < 1.29 is 49.4 Å². The van der Waals surface area contributed by atoms with Gasteiger partial charge in [0.1, 0.15) is 11.3 Å². The van der Waals surface area contributed by atoms with Gasteiger partial charge in [0.25, 0.3) is 5.91 Å². The number of ketones is 1. The average Bonchev–Trinajstić information content (AvgIpc) is 3.14. The first kappa shape index (κ1) is 48.0. The number of hydrogen-bond donors (Lipinski definition) is 6. The molecule has 56 heavy (non-hydrogen) atoms. The molecule has 2 fully saturated rings. The van der Waals surface area contributed by atoms with Crippen LogP contribution in [0.3, 0.4) is 0 Å². The molecule has 1 unspecified atom stereocenters. The molecule has 0 aromatic rings. The second-order valence-corrected chi connectivity index (χ2v) is 15.0. The van der Waals surface area contributed by atoms with Gasteiger partial charge in [-0.3, -0.25) is 14.4 Å². The number of ether oxygens (including phenoxy) is 2. The molecule has 2 amide bonds. The molecule has 6 N–H and O–H groups in total. The first-order chi connectivity index (χ1) is 26.4. The van der Waals surface area contributed by atoms with Crippen LogP contribution < -0.4 is 5.32 Å². The van der Waals surface area contributed by atoms with Crippen LogP contribution in [-0.2, 0) is 23.9 Å². The first-order valence-corrected chi connectivity index (χ1v) is 19.2. The molecule has 12 heteroatoms. The molecule has 2 heterocycles. The van der Waals surface area contributed by atoms with E-state index >= 15 is 0 Å². The maximum absolute atomic E-state index is 13.2. The van der Waals surface area contributed by atoms with Gasteiger partial charge in [0.2, 0.25) is 5.91 Å². The van der Waals surface area contributed by atoms with Crippen molar-refractivity contribution in [1.82, 2.24) is 10.2 Å². The Bertz CT molecular complexity index is 1630. The number of carbonyl (C=O) groups is 3. The van der Waals surface area contributed by atoms with Crippen LogP contribution in [0.5, 0.6) is 0 Å². The third-order valence-corrected chi connectivity index (χ3v) is 10.4. The zero-order valence-corrected chi connectivity index (χ0v) is 34.4. The van der Waals surface area contributed by atoms with Gasteiger partial charge >= 0.3 is 0 Å². The minimum Gasteiger partial charge on any atom is -0.507 e. The molecular weight excluding hydrogens is 716 g/mol. The average molecular weight is 781 g/mol. The van der Waals surface area contributed by atoms with Crippen molar-refractivity contribution >= 4 is 17.6 Å². The fourth-order valence-corrected chi connectivity index (χ4v) is 6.62. The topological polar surface area (TPSA) is 186 Å². The van der Waals surface area contributed by atoms with E-state index in [9.17, 15) is 39.9 Å². The smallest absolute Gasteiger partial charge is 0.261 e. The minimum absolute atomic E-state index is 0.0999. The SMILES string of the molecule is C/C=C\C=C\[C@@H]1O[C@](O)([C@H](CC)C(=O)NC/C=C/C=C(\C)[C@@H](OC)[C@@H](C)C(O)[C@@H](O)/C=C/C=C/C=C/C=C(\C)C(O)=C2C(=O)CCN(C)C2=O)C[C@H](O)C1(C)C. The molecule has 0 aromatic carbocycles. The molecule has 2 aliphatic rings. The number of piperidine rings is 1. The number of aliphatic hydroxyl groups excluding tert-OH is 4. The van der Waals surface area contributed by atoms with Gasteiger partial charge in [-0.1, -0.05) is 113 Å². The third-order valence-electron chi connectivity index (χ3n) is 10.4. The Morgan fingerprint density at radius 3 is 2.36 bits per heavy atom. The number of rotatable bonds is 18. The third kappa shape index (κ3) is 12.9. The largest absolute Gasteiger partial charge is 0.507 e. The predicted octanol–water partition coefficient (Wildman–Crippen LogP) is 4.86. The van der Waals surface area contributed by atoms with Crippen LogP contribution in [0.15, 0.2) is 108 Å². The predicted molar refractivity (Wildman–Crippen MR) is 218 cm³/mol. The van der Waals surface area contributed by atoms with E-state index in [4.69, 9.17) is 9.47 Å². The number of carbonyl (C=O) groups excluding carboxylic acids is 3. The molecule has 0 radical (unpaired) electrons. The molecular formula is C44H64N2O10. The molecule has 310 valence electrons. The molecule has 2 saturated heterocycles. The summed E-state index contributed by atoms with van der Waals surface area (Å²) >= 11 is 0. The number of Topliss-reactive ketones (excluding diaryl/α,β-unsaturated/α-hetero) is 1. The molecule has 0 aliphatic carbocycles. The van der Waals surface area contributed by atoms with Crippen LogP contribution in [-0.4, -0.2) is 112 Å². The second kappa shape index (κ2) is 22.5. The van der Waals surface area contributed by atoms with E-state index in [1.54, 1.807) is 94.7 Å². The summed E-state index contributed by atoms with van der Waals surface area (Å²) in [7, 11) is 3.10. The lowest BCUT2D eigenvalue weighted by Crippen LogP contribution is -2.60. The Morgan fingerprint density at radius 1 is 1.05 bits per heavy atom. The molecule has 8 atom stereocenters. The summed E-state index contributed by atoms with van der Waals surface area (Å²) in [5.74, 6) is -4.89. The van der Waals surface area contributed by atoms with Gasteiger partial charge < -0.3 is 45.2 Å². The van der Waals surface area contributed by atoms with Crippen LogP contribution in [0.2, 0.25) is 0 Å². The highest BCUT2D eigenvalue weighted by Gasteiger charge is 2.54. The molecule has 12 nitrogen and oxygen atoms in total. The number of nitrogens with one attached hydrogen (secondary N) is 1. The summed E-state index contributed by atoms with van der Waals surface area (Å²) in [5, 5.41) is 57.3. The Labute approximate surface area is 332 Å². The fraction of sp³-hybridized carbons (Fsp3) is 0.523. The lowest BCUT2D eigenvalue weighted by atomic mass is 9.72. The molecule has 0 aromatic heterocycles. The highest BCUT2D eigenvalue weighted by atomic mass is 16.6. The maximum atomic E-state index is 13.2. The van der Waals surface area contributed by atoms with Crippen molar-refractivity contribution in [2.24, 2.45) is 17.3 Å². The van der Waals surface area contributed by atoms with Gasteiger partial charge in [0.05, 0.1) is 36.4 Å². The van der Waals surface area contributed by atoms with Crippen molar-refractivity contribution in [1.29, 1.82) is 0 Å². The standard InChI is InChI=1S/C44H64N2O10/c1-10-12-16-24-36-43(6,7)35(49)28-44(54,56-36)32(11-2)41(52)45-26-20-19-22-30(4)40(55-9)31(5)39(51)34(48)23-18-15-13-14-17-21-29(3)38(50)37-33(47)25-27-46(8)42(37)53/h10,12-24,31-32,34-36,39-40,48-51,54H,11,25-28H2,1-9H3,(H,45,52)/b12-10-,15-13+,17-14+,20-19+,23-18+,24-16+,29-21+,30-22+,38-37?/t31-,32+,34-,35-,36-,39?,40+,44-/m0/s1. The lowest BCUT2D eigenvalue weighted by molar-refractivity contribution is -0.314. The van der Waals surface area contributed by atoms with Gasteiger partial charge in [0, 0.05) is 51.4 Å². The molecule has 0 bridgehead atoms. The van der Waals surface area contributed by atoms with Crippen molar-refractivity contribution in [3.8, 4) is 0 Å². The minimum atomic E-state index is -1.85. The van der Waals surface area contributed by atoms with Crippen LogP contribution in [0.1, 0.15) is 67.7 Å². The van der Waals surface area contributed by atoms with Gasteiger partial charge in [-0.2, -0.15) is 0 Å². The number of likely N-dealkylation sites (N-methyl/N-ethyl adjacent to an activating group) is 1. The van der Waals surface area contributed by atoms with E-state index in [0.717, 1.165) is 5.57 Å². The monoisotopic (exact) mass is 780 g/mol. The van der Waals surface area contributed by atoms with E-state index in [2.05, 4.69) is 5.32 Å². The molecule has 0 saturated carbocycles. The van der Waals surface area contributed by atoms with E-state index in [1.165, 1.54) is 18.1 Å². The van der Waals surface area contributed by atoms with E-state index in [-0.39, 0.29) is 36.5 Å². The number of amides is 2. The zero-order chi connectivity index (χ0) is 42.2. The summed E-state index contributed by atoms with van der Waals surface area (Å²) < 4.78 is 11.8. The van der Waals surface area contributed by atoms with E-state index < -0.39 is 65.4 Å². The maximum Gasteiger partial charge on any atom is 0.261 e. The van der Waals surface area contributed by atoms with Crippen molar-refractivity contribution in [3.63, 3.8) is 0 Å². The van der Waals surface area contributed by atoms with Crippen LogP contribution in [0.4, 0.5) is 0 Å². The van der Waals surface area contributed by atoms with E-state index in [0.29, 0.717) is 18.5 Å². The van der Waals surface area contributed by atoms with Crippen LogP contribution >= 0.6 is 0 Å². The van der Waals surface area contributed by atoms with Crippen LogP contribution in [0.25, 0.3) is 0 Å². The number of methoxy groups -OCH3 is 1. The Balaban J connectivity index is 1.96. The molecule has 0 spiro atoms. The fourth-order valence-electron chi connectivity index (χ4n) is 6.62. The van der Waals surface area contributed by atoms with Crippen molar-refractivity contribution in [2.75, 3.05) is 27.2 Å². The Morgan fingerprint density at radius 2 is 1.71 bits per heavy atom. The summed E-state index contributed by atoms with van der Waals surface area (Å²) in [6, 6.07) is 0. The number of nitrogens with zero attached hydrogens (tertiary/aromatic N) is 1. The zero-order valence-electron chi connectivity index (χ0n) is 34.4. The quantitative estimate of drug-likeness (QED) is 0.0486. The van der Waals surface area contributed by atoms with Gasteiger partial charge in [-0.05, 0) is 38.3 Å². The highest BCUT2D eigenvalue weighted by Crippen LogP contribution is 2.44. The summed E-state index contributed by atoms with van der Waals surface area (Å²) in [5.41, 5.74) is 0.270. The second-order valence-electron chi connectivity index (χ2n) is 15.0. The van der Waals surface area contributed by atoms with E-state index in [1.807, 2.05) is 39.8 Å². The van der Waals surface area contributed by atoms with Crippen molar-refractivity contribution in [3.05, 3.63) is 108 Å². The highest BCUT2D eigenvalue weighted by molar-refractivity contribution is 6.21. The first-order valence-electron chi connectivity index (χ1n) is 19.2. The summed E-state index contributed by atoms with van der Waals surface area (Å²) in [6.07, 6.45) is 19.8. The summed E-state index contributed by atoms with van der Waals surface area (Å²) in [4.78, 5) is 39.1. The molecule has 2 aliphatic heterocycles. The van der Waals surface area contributed by atoms with Crippen LogP contribution in [0, 0.1) is 17.3 Å². The normalized spacial score (nSPS) is 26.6. The van der Waals surface area contributed by atoms with Gasteiger partial charge in [0.15, 0.2) is 11.6 Å². The van der Waals surface area contributed by atoms with Crippen molar-refractivity contribution in [2.45, 2.75) is 104 Å². The number of aliphatic hydroxyl groups is 5. The number of likely N-dealkylation sites (tertiary alicyclic amines) is 1. The number of allylic oxidation sites excluding steroid dienone is 12. The van der Waals surface area contributed by atoms with Gasteiger partial charge in [-0.25, -0.2) is 0 Å².